The normalized spacial score (nSPS) is 16.9. The summed E-state index contributed by atoms with van der Waals surface area (Å²) in [6.45, 7) is 2.15. The van der Waals surface area contributed by atoms with Gasteiger partial charge in [0.1, 0.15) is 0 Å². The second kappa shape index (κ2) is 5.42. The average molecular weight is 246 g/mol. The van der Waals surface area contributed by atoms with Crippen molar-refractivity contribution in [2.75, 3.05) is 5.73 Å². The molecule has 98 valence electrons. The number of carbonyl (C=O) groups excluding carboxylic acids is 1. The van der Waals surface area contributed by atoms with Crippen molar-refractivity contribution in [1.82, 2.24) is 5.32 Å². The van der Waals surface area contributed by atoms with Gasteiger partial charge in [-0.2, -0.15) is 0 Å². The van der Waals surface area contributed by atoms with Crippen LogP contribution in [0.4, 0.5) is 5.69 Å². The zero-order chi connectivity index (χ0) is 13.0. The van der Waals surface area contributed by atoms with Gasteiger partial charge in [0.05, 0.1) is 0 Å². The van der Waals surface area contributed by atoms with Crippen molar-refractivity contribution in [3.63, 3.8) is 0 Å². The first-order valence-electron chi connectivity index (χ1n) is 6.80. The molecule has 0 aliphatic heterocycles. The summed E-state index contributed by atoms with van der Waals surface area (Å²) in [7, 11) is 0. The number of hydrogen-bond acceptors (Lipinski definition) is 2. The fourth-order valence-corrected chi connectivity index (χ4v) is 2.54. The van der Waals surface area contributed by atoms with Crippen LogP contribution in [0.5, 0.6) is 0 Å². The number of aryl methyl sites for hydroxylation is 1. The fourth-order valence-electron chi connectivity index (χ4n) is 2.54. The highest BCUT2D eigenvalue weighted by Gasteiger charge is 2.36. The summed E-state index contributed by atoms with van der Waals surface area (Å²) in [6.07, 6.45) is 5.77. The molecule has 0 aromatic heterocycles. The molecular weight excluding hydrogens is 224 g/mol. The number of nitrogens with two attached hydrogens (primary N) is 1. The van der Waals surface area contributed by atoms with E-state index in [-0.39, 0.29) is 11.4 Å². The van der Waals surface area contributed by atoms with Crippen molar-refractivity contribution in [2.45, 2.75) is 51.0 Å². The minimum absolute atomic E-state index is 0.0965. The highest BCUT2D eigenvalue weighted by atomic mass is 16.1. The van der Waals surface area contributed by atoms with E-state index in [9.17, 15) is 4.79 Å². The molecule has 1 aromatic rings. The molecule has 0 bridgehead atoms. The zero-order valence-electron chi connectivity index (χ0n) is 11.0. The Morgan fingerprint density at radius 3 is 2.67 bits per heavy atom. The minimum atomic E-state index is 0.0965. The van der Waals surface area contributed by atoms with Crippen LogP contribution in [0, 0.1) is 0 Å². The highest BCUT2D eigenvalue weighted by molar-refractivity contribution is 5.77. The number of para-hydroxylation sites is 1. The molecule has 1 aliphatic rings. The van der Waals surface area contributed by atoms with Crippen molar-refractivity contribution in [3.8, 4) is 0 Å². The second-order valence-electron chi connectivity index (χ2n) is 5.23. The van der Waals surface area contributed by atoms with Gasteiger partial charge in [0.25, 0.3) is 0 Å². The Kier molecular flexibility index (Phi) is 3.90. The third-order valence-corrected chi connectivity index (χ3v) is 4.07. The molecule has 1 saturated carbocycles. The summed E-state index contributed by atoms with van der Waals surface area (Å²) in [5.41, 5.74) is 7.80. The molecule has 1 aliphatic carbocycles. The SMILES string of the molecule is CCC1(NC(=O)CCc2ccccc2N)CCC1. The van der Waals surface area contributed by atoms with Gasteiger partial charge in [0.2, 0.25) is 5.91 Å². The maximum absolute atomic E-state index is 11.9. The average Bonchev–Trinajstić information content (AvgIpc) is 2.33. The largest absolute Gasteiger partial charge is 0.399 e. The first-order valence-corrected chi connectivity index (χ1v) is 6.80. The van der Waals surface area contributed by atoms with Gasteiger partial charge in [-0.25, -0.2) is 0 Å². The monoisotopic (exact) mass is 246 g/mol. The van der Waals surface area contributed by atoms with Gasteiger partial charge in [-0.1, -0.05) is 25.1 Å². The van der Waals surface area contributed by atoms with Crippen molar-refractivity contribution >= 4 is 11.6 Å². The second-order valence-corrected chi connectivity index (χ2v) is 5.23. The lowest BCUT2D eigenvalue weighted by molar-refractivity contribution is -0.124. The number of hydrogen-bond donors (Lipinski definition) is 2. The smallest absolute Gasteiger partial charge is 0.220 e. The van der Waals surface area contributed by atoms with Gasteiger partial charge in [-0.3, -0.25) is 4.79 Å². The van der Waals surface area contributed by atoms with E-state index in [1.54, 1.807) is 0 Å². The number of amides is 1. The molecule has 3 heteroatoms. The standard InChI is InChI=1S/C15H22N2O/c1-2-15(10-5-11-15)17-14(18)9-8-12-6-3-4-7-13(12)16/h3-4,6-7H,2,5,8-11,16H2,1H3,(H,17,18). The van der Waals surface area contributed by atoms with Crippen LogP contribution < -0.4 is 11.1 Å². The van der Waals surface area contributed by atoms with E-state index in [2.05, 4.69) is 12.2 Å². The molecule has 0 radical (unpaired) electrons. The van der Waals surface area contributed by atoms with Gasteiger partial charge in [0.15, 0.2) is 0 Å². The number of rotatable bonds is 5. The van der Waals surface area contributed by atoms with Crippen LogP contribution in [0.25, 0.3) is 0 Å². The van der Waals surface area contributed by atoms with Crippen LogP contribution in [0.2, 0.25) is 0 Å². The minimum Gasteiger partial charge on any atom is -0.399 e. The molecule has 1 aromatic carbocycles. The zero-order valence-corrected chi connectivity index (χ0v) is 11.0. The van der Waals surface area contributed by atoms with E-state index >= 15 is 0 Å². The van der Waals surface area contributed by atoms with Crippen LogP contribution in [0.15, 0.2) is 24.3 Å². The molecular formula is C15H22N2O. The summed E-state index contributed by atoms with van der Waals surface area (Å²) >= 11 is 0. The molecule has 0 saturated heterocycles. The van der Waals surface area contributed by atoms with E-state index in [1.807, 2.05) is 24.3 Å². The van der Waals surface area contributed by atoms with E-state index < -0.39 is 0 Å². The molecule has 0 spiro atoms. The van der Waals surface area contributed by atoms with Crippen molar-refractivity contribution in [2.24, 2.45) is 0 Å². The predicted octanol–water partition coefficient (Wildman–Crippen LogP) is 2.65. The van der Waals surface area contributed by atoms with Crippen LogP contribution in [-0.2, 0) is 11.2 Å². The molecule has 3 N–H and O–H groups in total. The first-order chi connectivity index (χ1) is 8.65. The summed E-state index contributed by atoms with van der Waals surface area (Å²) in [6, 6.07) is 7.75. The summed E-state index contributed by atoms with van der Waals surface area (Å²) in [4.78, 5) is 11.9. The van der Waals surface area contributed by atoms with Gasteiger partial charge >= 0.3 is 0 Å². The fraction of sp³-hybridized carbons (Fsp3) is 0.533. The lowest BCUT2D eigenvalue weighted by Gasteiger charge is -2.42. The van der Waals surface area contributed by atoms with Gasteiger partial charge in [-0.05, 0) is 43.7 Å². The van der Waals surface area contributed by atoms with E-state index in [1.165, 1.54) is 6.42 Å². The number of benzene rings is 1. The van der Waals surface area contributed by atoms with Crippen molar-refractivity contribution in [3.05, 3.63) is 29.8 Å². The van der Waals surface area contributed by atoms with Crippen molar-refractivity contribution in [1.29, 1.82) is 0 Å². The summed E-state index contributed by atoms with van der Waals surface area (Å²) in [5.74, 6) is 0.153. The Morgan fingerprint density at radius 2 is 2.11 bits per heavy atom. The van der Waals surface area contributed by atoms with Crippen LogP contribution in [0.3, 0.4) is 0 Å². The van der Waals surface area contributed by atoms with Crippen molar-refractivity contribution < 1.29 is 4.79 Å². The Hall–Kier alpha value is -1.51. The van der Waals surface area contributed by atoms with E-state index in [4.69, 9.17) is 5.73 Å². The topological polar surface area (TPSA) is 55.1 Å². The number of nitrogens with one attached hydrogen (secondary N) is 1. The predicted molar refractivity (Wildman–Crippen MR) is 74.2 cm³/mol. The lowest BCUT2D eigenvalue weighted by atomic mass is 9.75. The molecule has 1 amide bonds. The van der Waals surface area contributed by atoms with Gasteiger partial charge in [-0.15, -0.1) is 0 Å². The van der Waals surface area contributed by atoms with Crippen LogP contribution in [-0.4, -0.2) is 11.4 Å². The molecule has 0 heterocycles. The van der Waals surface area contributed by atoms with Crippen LogP contribution in [0.1, 0.15) is 44.6 Å². The summed E-state index contributed by atoms with van der Waals surface area (Å²) in [5, 5.41) is 3.19. The van der Waals surface area contributed by atoms with E-state index in [0.29, 0.717) is 6.42 Å². The quantitative estimate of drug-likeness (QED) is 0.785. The molecule has 18 heavy (non-hydrogen) atoms. The lowest BCUT2D eigenvalue weighted by Crippen LogP contribution is -2.53. The number of carbonyl (C=O) groups is 1. The molecule has 0 unspecified atom stereocenters. The number of anilines is 1. The van der Waals surface area contributed by atoms with Gasteiger partial charge < -0.3 is 11.1 Å². The van der Waals surface area contributed by atoms with E-state index in [0.717, 1.165) is 36.9 Å². The third-order valence-electron chi connectivity index (χ3n) is 4.07. The first kappa shape index (κ1) is 12.9. The molecule has 1 fully saturated rings. The Balaban J connectivity index is 1.83. The molecule has 3 nitrogen and oxygen atoms in total. The Morgan fingerprint density at radius 1 is 1.39 bits per heavy atom. The Bertz CT molecular complexity index is 419. The summed E-state index contributed by atoms with van der Waals surface area (Å²) < 4.78 is 0. The molecule has 0 atom stereocenters. The maximum Gasteiger partial charge on any atom is 0.220 e. The molecule has 2 rings (SSSR count). The van der Waals surface area contributed by atoms with Crippen LogP contribution >= 0.6 is 0 Å². The van der Waals surface area contributed by atoms with Gasteiger partial charge in [0, 0.05) is 17.6 Å². The number of nitrogen functional groups attached to an aromatic ring is 1. The Labute approximate surface area is 109 Å². The third kappa shape index (κ3) is 2.84. The maximum atomic E-state index is 11.9. The highest BCUT2D eigenvalue weighted by Crippen LogP contribution is 2.34.